The molecule has 0 fully saturated rings. The summed E-state index contributed by atoms with van der Waals surface area (Å²) in [4.78, 5) is 25.3. The molecule has 1 atom stereocenters. The maximum atomic E-state index is 12.4. The molecule has 0 spiro atoms. The highest BCUT2D eigenvalue weighted by Crippen LogP contribution is 2.34. The number of aromatic nitrogens is 2. The lowest BCUT2D eigenvalue weighted by Gasteiger charge is -2.17. The highest BCUT2D eigenvalue weighted by atomic mass is 32.2. The molecule has 158 valence electrons. The Kier molecular flexibility index (Phi) is 6.83. The summed E-state index contributed by atoms with van der Waals surface area (Å²) in [5.41, 5.74) is 0.0333. The van der Waals surface area contributed by atoms with Crippen molar-refractivity contribution < 1.29 is 23.8 Å². The minimum absolute atomic E-state index is 0.0118. The number of aromatic hydroxyl groups is 1. The number of methoxy groups -OCH3 is 2. The van der Waals surface area contributed by atoms with E-state index < -0.39 is 23.1 Å². The Labute approximate surface area is 177 Å². The Morgan fingerprint density at radius 1 is 1.30 bits per heavy atom. The van der Waals surface area contributed by atoms with Crippen LogP contribution in [0.4, 0.5) is 0 Å². The standard InChI is InChI=1S/C21H22N2O6S/c1-23-17(7-8-22-23)16(11-19(25)28-3)21-20(26)18(24)10-14(29-21)12-30-15-6-4-5-13(9-15)27-2/h4-10,16,26H,11-12H2,1-3H3/t16-/m1/s1. The lowest BCUT2D eigenvalue weighted by molar-refractivity contribution is -0.141. The van der Waals surface area contributed by atoms with Crippen molar-refractivity contribution >= 4 is 17.7 Å². The molecule has 2 heterocycles. The van der Waals surface area contributed by atoms with E-state index in [0.717, 1.165) is 10.6 Å². The molecule has 2 aromatic heterocycles. The minimum atomic E-state index is -0.723. The third kappa shape index (κ3) is 4.85. The van der Waals surface area contributed by atoms with Crippen LogP contribution in [0.5, 0.6) is 11.5 Å². The molecule has 0 saturated heterocycles. The molecule has 0 radical (unpaired) electrons. The van der Waals surface area contributed by atoms with Crippen molar-refractivity contribution in [3.63, 3.8) is 0 Å². The van der Waals surface area contributed by atoms with Gasteiger partial charge < -0.3 is 19.0 Å². The van der Waals surface area contributed by atoms with Crippen molar-refractivity contribution in [2.24, 2.45) is 7.05 Å². The first-order valence-corrected chi connectivity index (χ1v) is 10.1. The molecule has 0 bridgehead atoms. The molecule has 9 heteroatoms. The zero-order chi connectivity index (χ0) is 21.7. The summed E-state index contributed by atoms with van der Waals surface area (Å²) in [5.74, 6) is -0.289. The first-order valence-electron chi connectivity index (χ1n) is 9.10. The molecule has 3 rings (SSSR count). The van der Waals surface area contributed by atoms with Gasteiger partial charge in [-0.1, -0.05) is 6.07 Å². The summed E-state index contributed by atoms with van der Waals surface area (Å²) in [7, 11) is 4.58. The molecule has 0 aliphatic carbocycles. The van der Waals surface area contributed by atoms with Crippen molar-refractivity contribution in [1.29, 1.82) is 0 Å². The number of thioether (sulfide) groups is 1. The lowest BCUT2D eigenvalue weighted by Crippen LogP contribution is -2.16. The molecule has 0 aliphatic heterocycles. The Morgan fingerprint density at radius 3 is 2.77 bits per heavy atom. The van der Waals surface area contributed by atoms with Gasteiger partial charge in [-0.3, -0.25) is 14.3 Å². The number of nitrogens with zero attached hydrogens (tertiary/aromatic N) is 2. The fraction of sp³-hybridized carbons (Fsp3) is 0.286. The number of rotatable bonds is 8. The van der Waals surface area contributed by atoms with Gasteiger partial charge in [0.05, 0.1) is 32.3 Å². The predicted octanol–water partition coefficient (Wildman–Crippen LogP) is 3.07. The fourth-order valence-electron chi connectivity index (χ4n) is 3.02. The van der Waals surface area contributed by atoms with E-state index in [0.29, 0.717) is 17.2 Å². The van der Waals surface area contributed by atoms with E-state index in [1.165, 1.54) is 24.9 Å². The third-order valence-electron chi connectivity index (χ3n) is 4.55. The van der Waals surface area contributed by atoms with Crippen LogP contribution in [0, 0.1) is 0 Å². The molecule has 0 saturated carbocycles. The molecule has 3 aromatic rings. The maximum Gasteiger partial charge on any atom is 0.306 e. The first-order chi connectivity index (χ1) is 14.4. The molecule has 1 N–H and O–H groups in total. The number of benzene rings is 1. The van der Waals surface area contributed by atoms with Crippen LogP contribution >= 0.6 is 11.8 Å². The van der Waals surface area contributed by atoms with Crippen LogP contribution in [-0.4, -0.2) is 35.1 Å². The van der Waals surface area contributed by atoms with Crippen LogP contribution < -0.4 is 10.2 Å². The summed E-state index contributed by atoms with van der Waals surface area (Å²) in [6.07, 6.45) is 1.45. The van der Waals surface area contributed by atoms with Crippen molar-refractivity contribution in [2.75, 3.05) is 14.2 Å². The van der Waals surface area contributed by atoms with Crippen LogP contribution in [0.1, 0.15) is 29.6 Å². The van der Waals surface area contributed by atoms with Crippen molar-refractivity contribution in [2.45, 2.75) is 23.0 Å². The van der Waals surface area contributed by atoms with Crippen LogP contribution in [0.3, 0.4) is 0 Å². The second-order valence-electron chi connectivity index (χ2n) is 6.47. The van der Waals surface area contributed by atoms with E-state index in [1.54, 1.807) is 31.1 Å². The van der Waals surface area contributed by atoms with E-state index in [1.807, 2.05) is 24.3 Å². The van der Waals surface area contributed by atoms with Gasteiger partial charge in [-0.05, 0) is 24.3 Å². The Balaban J connectivity index is 1.94. The van der Waals surface area contributed by atoms with Crippen LogP contribution in [0.2, 0.25) is 0 Å². The van der Waals surface area contributed by atoms with Crippen molar-refractivity contribution in [1.82, 2.24) is 9.78 Å². The van der Waals surface area contributed by atoms with E-state index in [9.17, 15) is 14.7 Å². The molecule has 0 unspecified atom stereocenters. The number of esters is 1. The van der Waals surface area contributed by atoms with Gasteiger partial charge in [0.2, 0.25) is 11.2 Å². The minimum Gasteiger partial charge on any atom is -0.502 e. The third-order valence-corrected chi connectivity index (χ3v) is 5.57. The van der Waals surface area contributed by atoms with Crippen LogP contribution in [0.15, 0.2) is 56.7 Å². The molecule has 8 nitrogen and oxygen atoms in total. The van der Waals surface area contributed by atoms with E-state index in [2.05, 4.69) is 5.10 Å². The molecule has 0 aliphatic rings. The van der Waals surface area contributed by atoms with Gasteiger partial charge in [-0.2, -0.15) is 5.10 Å². The molecule has 30 heavy (non-hydrogen) atoms. The normalized spacial score (nSPS) is 11.8. The molecular weight excluding hydrogens is 408 g/mol. The fourth-order valence-corrected chi connectivity index (χ4v) is 3.84. The number of carbonyl (C=O) groups excluding carboxylic acids is 1. The largest absolute Gasteiger partial charge is 0.502 e. The summed E-state index contributed by atoms with van der Waals surface area (Å²) in [6.45, 7) is 0. The molecular formula is C21H22N2O6S. The van der Waals surface area contributed by atoms with Crippen LogP contribution in [0.25, 0.3) is 0 Å². The predicted molar refractivity (Wildman–Crippen MR) is 111 cm³/mol. The Bertz CT molecular complexity index is 1090. The zero-order valence-electron chi connectivity index (χ0n) is 16.8. The lowest BCUT2D eigenvalue weighted by atomic mass is 9.97. The van der Waals surface area contributed by atoms with Crippen LogP contribution in [-0.2, 0) is 22.3 Å². The highest BCUT2D eigenvalue weighted by molar-refractivity contribution is 7.98. The number of aryl methyl sites for hydroxylation is 1. The van der Waals surface area contributed by atoms with Gasteiger partial charge >= 0.3 is 5.97 Å². The summed E-state index contributed by atoms with van der Waals surface area (Å²) >= 11 is 1.45. The second-order valence-corrected chi connectivity index (χ2v) is 7.52. The summed E-state index contributed by atoms with van der Waals surface area (Å²) in [5, 5.41) is 14.5. The van der Waals surface area contributed by atoms with Gasteiger partial charge in [0.1, 0.15) is 11.5 Å². The average molecular weight is 430 g/mol. The second kappa shape index (κ2) is 9.53. The SMILES string of the molecule is COC(=O)C[C@@H](c1oc(CSc2cccc(OC)c2)cc(=O)c1O)c1ccnn1C. The molecule has 0 amide bonds. The number of ether oxygens (including phenoxy) is 2. The van der Waals surface area contributed by atoms with Gasteiger partial charge in [-0.15, -0.1) is 11.8 Å². The van der Waals surface area contributed by atoms with Gasteiger partial charge in [-0.25, -0.2) is 0 Å². The van der Waals surface area contributed by atoms with E-state index >= 15 is 0 Å². The van der Waals surface area contributed by atoms with Gasteiger partial charge in [0, 0.05) is 29.9 Å². The molecule has 1 aromatic carbocycles. The first kappa shape index (κ1) is 21.5. The van der Waals surface area contributed by atoms with Gasteiger partial charge in [0.15, 0.2) is 5.76 Å². The smallest absolute Gasteiger partial charge is 0.306 e. The Morgan fingerprint density at radius 2 is 2.10 bits per heavy atom. The zero-order valence-corrected chi connectivity index (χ0v) is 17.6. The number of carbonyl (C=O) groups is 1. The highest BCUT2D eigenvalue weighted by Gasteiger charge is 2.28. The van der Waals surface area contributed by atoms with Crippen molar-refractivity contribution in [3.8, 4) is 11.5 Å². The summed E-state index contributed by atoms with van der Waals surface area (Å²) < 4.78 is 17.5. The quantitative estimate of drug-likeness (QED) is 0.430. The van der Waals surface area contributed by atoms with Gasteiger partial charge in [0.25, 0.3) is 0 Å². The Hall–Kier alpha value is -3.20. The maximum absolute atomic E-state index is 12.4. The average Bonchev–Trinajstić information content (AvgIpc) is 3.18. The number of hydrogen-bond donors (Lipinski definition) is 1. The van der Waals surface area contributed by atoms with E-state index in [4.69, 9.17) is 13.9 Å². The topological polar surface area (TPSA) is 104 Å². The summed E-state index contributed by atoms with van der Waals surface area (Å²) in [6, 6.07) is 10.5. The number of hydrogen-bond acceptors (Lipinski definition) is 8. The monoisotopic (exact) mass is 430 g/mol. The van der Waals surface area contributed by atoms with Crippen molar-refractivity contribution in [3.05, 3.63) is 70.0 Å². The van der Waals surface area contributed by atoms with E-state index in [-0.39, 0.29) is 12.2 Å².